The third-order valence-electron chi connectivity index (χ3n) is 2.09. The van der Waals surface area contributed by atoms with Crippen LogP contribution in [0.2, 0.25) is 0 Å². The third kappa shape index (κ3) is 3.90. The van der Waals surface area contributed by atoms with Gasteiger partial charge in [-0.25, -0.2) is 0 Å². The van der Waals surface area contributed by atoms with E-state index in [1.54, 1.807) is 6.20 Å². The van der Waals surface area contributed by atoms with E-state index in [0.29, 0.717) is 5.69 Å². The number of aromatic nitrogens is 2. The Bertz CT molecular complexity index is 418. The summed E-state index contributed by atoms with van der Waals surface area (Å²) in [5.74, 6) is -0.489. The predicted octanol–water partition coefficient (Wildman–Crippen LogP) is 1.04. The highest BCUT2D eigenvalue weighted by molar-refractivity contribution is 5.94. The van der Waals surface area contributed by atoms with Crippen LogP contribution in [-0.4, -0.2) is 28.8 Å². The normalized spacial score (nSPS) is 11.1. The molecular weight excluding hydrogens is 222 g/mol. The van der Waals surface area contributed by atoms with Gasteiger partial charge in [0.2, 0.25) is 5.91 Å². The molecule has 6 heteroatoms. The summed E-state index contributed by atoms with van der Waals surface area (Å²) in [7, 11) is 1.31. The lowest BCUT2D eigenvalue weighted by atomic mass is 9.96. The fourth-order valence-corrected chi connectivity index (χ4v) is 1.03. The van der Waals surface area contributed by atoms with Crippen LogP contribution in [0, 0.1) is 5.41 Å². The van der Waals surface area contributed by atoms with Gasteiger partial charge in [0.15, 0.2) is 0 Å². The van der Waals surface area contributed by atoms with E-state index in [-0.39, 0.29) is 18.4 Å². The van der Waals surface area contributed by atoms with Crippen LogP contribution in [0.4, 0.5) is 5.69 Å². The highest BCUT2D eigenvalue weighted by Crippen LogP contribution is 2.16. The van der Waals surface area contributed by atoms with Crippen LogP contribution in [0.5, 0.6) is 0 Å². The first-order valence-corrected chi connectivity index (χ1v) is 5.23. The zero-order chi connectivity index (χ0) is 13.1. The van der Waals surface area contributed by atoms with E-state index in [1.165, 1.54) is 18.0 Å². The minimum absolute atomic E-state index is 0.0297. The summed E-state index contributed by atoms with van der Waals surface area (Å²) >= 11 is 0. The van der Waals surface area contributed by atoms with Crippen LogP contribution in [0.25, 0.3) is 0 Å². The van der Waals surface area contributed by atoms with Gasteiger partial charge in [0.05, 0.1) is 19.0 Å². The maximum atomic E-state index is 11.7. The van der Waals surface area contributed by atoms with E-state index in [1.807, 2.05) is 20.8 Å². The molecule has 0 spiro atoms. The van der Waals surface area contributed by atoms with Crippen molar-refractivity contribution in [3.63, 3.8) is 0 Å². The molecule has 0 aliphatic carbocycles. The number of anilines is 1. The van der Waals surface area contributed by atoms with Crippen LogP contribution >= 0.6 is 0 Å². The standard InChI is InChI=1S/C11H17N3O3/c1-11(2,3)10(16)13-8-5-12-14(6-8)7-9(15)17-4/h5-6H,7H2,1-4H3,(H,13,16). The van der Waals surface area contributed by atoms with Crippen molar-refractivity contribution in [1.29, 1.82) is 0 Å². The molecule has 0 radical (unpaired) electrons. The molecular formula is C11H17N3O3. The molecule has 0 unspecified atom stereocenters. The van der Waals surface area contributed by atoms with Crippen LogP contribution < -0.4 is 5.32 Å². The highest BCUT2D eigenvalue weighted by atomic mass is 16.5. The molecule has 1 N–H and O–H groups in total. The fraction of sp³-hybridized carbons (Fsp3) is 0.545. The van der Waals surface area contributed by atoms with Crippen molar-refractivity contribution in [1.82, 2.24) is 9.78 Å². The van der Waals surface area contributed by atoms with E-state index in [0.717, 1.165) is 0 Å². The Morgan fingerprint density at radius 1 is 1.47 bits per heavy atom. The number of nitrogens with one attached hydrogen (secondary N) is 1. The van der Waals surface area contributed by atoms with Crippen LogP contribution in [0.15, 0.2) is 12.4 Å². The number of carbonyl (C=O) groups is 2. The van der Waals surface area contributed by atoms with Crippen molar-refractivity contribution in [2.24, 2.45) is 5.41 Å². The summed E-state index contributed by atoms with van der Waals surface area (Å²) in [6, 6.07) is 0. The molecule has 1 rings (SSSR count). The highest BCUT2D eigenvalue weighted by Gasteiger charge is 2.21. The second-order valence-electron chi connectivity index (χ2n) is 4.71. The third-order valence-corrected chi connectivity index (χ3v) is 2.09. The van der Waals surface area contributed by atoms with Crippen LogP contribution in [-0.2, 0) is 20.9 Å². The summed E-state index contributed by atoms with van der Waals surface area (Å²) in [6.45, 7) is 5.49. The number of rotatable bonds is 3. The van der Waals surface area contributed by atoms with Gasteiger partial charge in [0.25, 0.3) is 0 Å². The number of methoxy groups -OCH3 is 1. The maximum absolute atomic E-state index is 11.7. The van der Waals surface area contributed by atoms with E-state index in [4.69, 9.17) is 0 Å². The first kappa shape index (κ1) is 13.2. The molecule has 0 saturated carbocycles. The molecule has 0 saturated heterocycles. The summed E-state index contributed by atoms with van der Waals surface area (Å²) in [6.07, 6.45) is 3.08. The Morgan fingerprint density at radius 3 is 2.65 bits per heavy atom. The van der Waals surface area contributed by atoms with Crippen molar-refractivity contribution in [3.05, 3.63) is 12.4 Å². The molecule has 0 fully saturated rings. The molecule has 1 aromatic heterocycles. The molecule has 0 atom stereocenters. The fourth-order valence-electron chi connectivity index (χ4n) is 1.03. The maximum Gasteiger partial charge on any atom is 0.327 e. The first-order chi connectivity index (χ1) is 7.82. The van der Waals surface area contributed by atoms with E-state index in [2.05, 4.69) is 15.2 Å². The molecule has 0 bridgehead atoms. The van der Waals surface area contributed by atoms with Crippen molar-refractivity contribution >= 4 is 17.6 Å². The molecule has 17 heavy (non-hydrogen) atoms. The number of hydrogen-bond donors (Lipinski definition) is 1. The first-order valence-electron chi connectivity index (χ1n) is 5.23. The minimum Gasteiger partial charge on any atom is -0.468 e. The van der Waals surface area contributed by atoms with E-state index < -0.39 is 5.41 Å². The number of hydrogen-bond acceptors (Lipinski definition) is 4. The quantitative estimate of drug-likeness (QED) is 0.800. The van der Waals surface area contributed by atoms with Crippen molar-refractivity contribution in [2.75, 3.05) is 12.4 Å². The van der Waals surface area contributed by atoms with Gasteiger partial charge < -0.3 is 10.1 Å². The number of ether oxygens (including phenoxy) is 1. The molecule has 1 aromatic rings. The van der Waals surface area contributed by atoms with Gasteiger partial charge in [0.1, 0.15) is 6.54 Å². The molecule has 1 heterocycles. The number of nitrogens with zero attached hydrogens (tertiary/aromatic N) is 2. The van der Waals surface area contributed by atoms with Crippen molar-refractivity contribution in [2.45, 2.75) is 27.3 Å². The van der Waals surface area contributed by atoms with Gasteiger partial charge in [-0.1, -0.05) is 20.8 Å². The smallest absolute Gasteiger partial charge is 0.327 e. The molecule has 0 aliphatic heterocycles. The Kier molecular flexibility index (Phi) is 3.88. The Balaban J connectivity index is 2.63. The van der Waals surface area contributed by atoms with E-state index in [9.17, 15) is 9.59 Å². The average Bonchev–Trinajstić information content (AvgIpc) is 2.64. The lowest BCUT2D eigenvalue weighted by Crippen LogP contribution is -2.27. The number of carbonyl (C=O) groups excluding carboxylic acids is 2. The number of esters is 1. The molecule has 6 nitrogen and oxygen atoms in total. The monoisotopic (exact) mass is 239 g/mol. The molecule has 1 amide bonds. The van der Waals surface area contributed by atoms with Crippen LogP contribution in [0.1, 0.15) is 20.8 Å². The molecule has 0 aromatic carbocycles. The minimum atomic E-state index is -0.468. The second kappa shape index (κ2) is 4.99. The Labute approximate surface area is 99.9 Å². The Hall–Kier alpha value is -1.85. The number of amides is 1. The van der Waals surface area contributed by atoms with Crippen molar-refractivity contribution in [3.8, 4) is 0 Å². The van der Waals surface area contributed by atoms with Gasteiger partial charge in [-0.15, -0.1) is 0 Å². The second-order valence-corrected chi connectivity index (χ2v) is 4.71. The lowest BCUT2D eigenvalue weighted by Gasteiger charge is -2.16. The van der Waals surface area contributed by atoms with Crippen LogP contribution in [0.3, 0.4) is 0 Å². The zero-order valence-electron chi connectivity index (χ0n) is 10.5. The predicted molar refractivity (Wildman–Crippen MR) is 62.3 cm³/mol. The average molecular weight is 239 g/mol. The molecule has 0 aliphatic rings. The van der Waals surface area contributed by atoms with Gasteiger partial charge >= 0.3 is 5.97 Å². The zero-order valence-corrected chi connectivity index (χ0v) is 10.5. The summed E-state index contributed by atoms with van der Waals surface area (Å²) < 4.78 is 5.92. The van der Waals surface area contributed by atoms with Crippen molar-refractivity contribution < 1.29 is 14.3 Å². The largest absolute Gasteiger partial charge is 0.468 e. The van der Waals surface area contributed by atoms with Gasteiger partial charge in [-0.2, -0.15) is 5.10 Å². The summed E-state index contributed by atoms with van der Waals surface area (Å²) in [5.41, 5.74) is 0.0959. The lowest BCUT2D eigenvalue weighted by molar-refractivity contribution is -0.141. The topological polar surface area (TPSA) is 73.2 Å². The molecule has 94 valence electrons. The SMILES string of the molecule is COC(=O)Cn1cc(NC(=O)C(C)(C)C)cn1. The van der Waals surface area contributed by atoms with Gasteiger partial charge in [-0.05, 0) is 0 Å². The Morgan fingerprint density at radius 2 is 2.12 bits per heavy atom. The van der Waals surface area contributed by atoms with Gasteiger partial charge in [0, 0.05) is 11.6 Å². The van der Waals surface area contributed by atoms with E-state index >= 15 is 0 Å². The summed E-state index contributed by atoms with van der Waals surface area (Å²) in [5, 5.41) is 6.66. The summed E-state index contributed by atoms with van der Waals surface area (Å²) in [4.78, 5) is 22.7. The van der Waals surface area contributed by atoms with Gasteiger partial charge in [-0.3, -0.25) is 14.3 Å².